The van der Waals surface area contributed by atoms with E-state index in [0.717, 1.165) is 29.8 Å². The fourth-order valence-corrected chi connectivity index (χ4v) is 3.01. The Bertz CT molecular complexity index is 624. The second kappa shape index (κ2) is 6.19. The number of nitrogens with one attached hydrogen (secondary N) is 1. The van der Waals surface area contributed by atoms with Gasteiger partial charge in [0.2, 0.25) is 0 Å². The van der Waals surface area contributed by atoms with Gasteiger partial charge in [0.25, 0.3) is 0 Å². The average Bonchev–Trinajstić information content (AvgIpc) is 2.55. The van der Waals surface area contributed by atoms with E-state index in [0.29, 0.717) is 6.04 Å². The summed E-state index contributed by atoms with van der Waals surface area (Å²) in [6.07, 6.45) is 3.44. The van der Waals surface area contributed by atoms with E-state index in [1.54, 1.807) is 7.11 Å². The lowest BCUT2D eigenvalue weighted by Crippen LogP contribution is -2.17. The molecule has 1 aliphatic rings. The quantitative estimate of drug-likeness (QED) is 0.899. The number of fused-ring (bicyclic) bond motifs is 1. The SMILES string of the molecule is COc1ccc2c(c1)C(Nc1cccc(CO)c1)CCC2. The minimum atomic E-state index is 0.0740. The van der Waals surface area contributed by atoms with Crippen LogP contribution >= 0.6 is 0 Å². The van der Waals surface area contributed by atoms with Crippen LogP contribution in [0.4, 0.5) is 5.69 Å². The lowest BCUT2D eigenvalue weighted by Gasteiger charge is -2.28. The van der Waals surface area contributed by atoms with E-state index >= 15 is 0 Å². The highest BCUT2D eigenvalue weighted by Gasteiger charge is 2.20. The summed E-state index contributed by atoms with van der Waals surface area (Å²) in [7, 11) is 1.71. The predicted octanol–water partition coefficient (Wildman–Crippen LogP) is 3.68. The molecule has 0 aromatic heterocycles. The van der Waals surface area contributed by atoms with E-state index in [1.807, 2.05) is 30.3 Å². The third-order valence-corrected chi connectivity index (χ3v) is 4.12. The molecule has 0 heterocycles. The number of aliphatic hydroxyl groups excluding tert-OH is 1. The molecule has 1 atom stereocenters. The molecule has 3 heteroatoms. The molecule has 0 spiro atoms. The topological polar surface area (TPSA) is 41.5 Å². The van der Waals surface area contributed by atoms with Crippen molar-refractivity contribution in [2.24, 2.45) is 0 Å². The normalized spacial score (nSPS) is 17.1. The van der Waals surface area contributed by atoms with Crippen molar-refractivity contribution >= 4 is 5.69 Å². The minimum absolute atomic E-state index is 0.0740. The Morgan fingerprint density at radius 1 is 1.24 bits per heavy atom. The highest BCUT2D eigenvalue weighted by atomic mass is 16.5. The van der Waals surface area contributed by atoms with Crippen LogP contribution in [0.1, 0.15) is 35.6 Å². The van der Waals surface area contributed by atoms with E-state index in [9.17, 15) is 5.11 Å². The van der Waals surface area contributed by atoms with Gasteiger partial charge in [-0.25, -0.2) is 0 Å². The molecule has 110 valence electrons. The fourth-order valence-electron chi connectivity index (χ4n) is 3.01. The number of benzene rings is 2. The van der Waals surface area contributed by atoms with E-state index in [1.165, 1.54) is 17.5 Å². The number of ether oxygens (including phenoxy) is 1. The summed E-state index contributed by atoms with van der Waals surface area (Å²) in [4.78, 5) is 0. The Labute approximate surface area is 125 Å². The molecular weight excluding hydrogens is 262 g/mol. The molecule has 0 fully saturated rings. The molecule has 21 heavy (non-hydrogen) atoms. The van der Waals surface area contributed by atoms with Crippen LogP contribution in [0.25, 0.3) is 0 Å². The lowest BCUT2D eigenvalue weighted by atomic mass is 9.87. The third-order valence-electron chi connectivity index (χ3n) is 4.12. The number of aryl methyl sites for hydroxylation is 1. The Hall–Kier alpha value is -2.00. The highest BCUT2D eigenvalue weighted by molar-refractivity contribution is 5.50. The molecule has 1 aliphatic carbocycles. The van der Waals surface area contributed by atoms with Crippen LogP contribution in [-0.2, 0) is 13.0 Å². The maximum atomic E-state index is 9.25. The number of hydrogen-bond donors (Lipinski definition) is 2. The van der Waals surface area contributed by atoms with Crippen molar-refractivity contribution in [3.63, 3.8) is 0 Å². The lowest BCUT2D eigenvalue weighted by molar-refractivity contribution is 0.282. The van der Waals surface area contributed by atoms with Crippen molar-refractivity contribution in [2.45, 2.75) is 31.9 Å². The van der Waals surface area contributed by atoms with E-state index in [-0.39, 0.29) is 6.61 Å². The van der Waals surface area contributed by atoms with Crippen molar-refractivity contribution in [3.8, 4) is 5.75 Å². The number of hydrogen-bond acceptors (Lipinski definition) is 3. The zero-order chi connectivity index (χ0) is 14.7. The van der Waals surface area contributed by atoms with Gasteiger partial charge >= 0.3 is 0 Å². The van der Waals surface area contributed by atoms with Gasteiger partial charge in [-0.1, -0.05) is 18.2 Å². The Kier molecular flexibility index (Phi) is 4.11. The molecule has 2 aromatic carbocycles. The van der Waals surface area contributed by atoms with Gasteiger partial charge in [-0.05, 0) is 60.2 Å². The van der Waals surface area contributed by atoms with Crippen LogP contribution in [0.2, 0.25) is 0 Å². The van der Waals surface area contributed by atoms with Gasteiger partial charge in [0.15, 0.2) is 0 Å². The van der Waals surface area contributed by atoms with Gasteiger partial charge in [-0.3, -0.25) is 0 Å². The van der Waals surface area contributed by atoms with Crippen LogP contribution in [0.15, 0.2) is 42.5 Å². The molecular formula is C18H21NO2. The van der Waals surface area contributed by atoms with Gasteiger partial charge in [-0.15, -0.1) is 0 Å². The first-order chi connectivity index (χ1) is 10.3. The molecule has 1 unspecified atom stereocenters. The first-order valence-corrected chi connectivity index (χ1v) is 7.43. The molecule has 2 N–H and O–H groups in total. The van der Waals surface area contributed by atoms with Gasteiger partial charge in [-0.2, -0.15) is 0 Å². The van der Waals surface area contributed by atoms with Crippen LogP contribution < -0.4 is 10.1 Å². The Morgan fingerprint density at radius 2 is 2.14 bits per heavy atom. The van der Waals surface area contributed by atoms with E-state index < -0.39 is 0 Å². The summed E-state index contributed by atoms with van der Waals surface area (Å²) in [5.74, 6) is 0.909. The monoisotopic (exact) mass is 283 g/mol. The van der Waals surface area contributed by atoms with Gasteiger partial charge in [0.05, 0.1) is 19.8 Å². The summed E-state index contributed by atoms with van der Waals surface area (Å²) in [5.41, 5.74) is 4.72. The first kappa shape index (κ1) is 14.0. The second-order valence-corrected chi connectivity index (χ2v) is 5.51. The molecule has 3 rings (SSSR count). The molecule has 2 aromatic rings. The Morgan fingerprint density at radius 3 is 2.95 bits per heavy atom. The largest absolute Gasteiger partial charge is 0.497 e. The van der Waals surface area contributed by atoms with Crippen LogP contribution in [0.5, 0.6) is 5.75 Å². The molecule has 0 saturated heterocycles. The molecule has 0 bridgehead atoms. The summed E-state index contributed by atoms with van der Waals surface area (Å²) in [5, 5.41) is 12.8. The van der Waals surface area contributed by atoms with Crippen LogP contribution in [0, 0.1) is 0 Å². The maximum absolute atomic E-state index is 9.25. The zero-order valence-electron chi connectivity index (χ0n) is 12.3. The molecule has 0 saturated carbocycles. The predicted molar refractivity (Wildman–Crippen MR) is 84.7 cm³/mol. The average molecular weight is 283 g/mol. The number of rotatable bonds is 4. The zero-order valence-corrected chi connectivity index (χ0v) is 12.3. The minimum Gasteiger partial charge on any atom is -0.497 e. The number of anilines is 1. The summed E-state index contributed by atoms with van der Waals surface area (Å²) < 4.78 is 5.35. The van der Waals surface area contributed by atoms with E-state index in [4.69, 9.17) is 4.74 Å². The Balaban J connectivity index is 1.87. The molecule has 3 nitrogen and oxygen atoms in total. The van der Waals surface area contributed by atoms with Crippen molar-refractivity contribution in [1.29, 1.82) is 0 Å². The van der Waals surface area contributed by atoms with Crippen molar-refractivity contribution < 1.29 is 9.84 Å². The fraction of sp³-hybridized carbons (Fsp3) is 0.333. The standard InChI is InChI=1S/C18H21NO2/c1-21-16-9-8-14-5-3-7-18(17(14)11-16)19-15-6-2-4-13(10-15)12-20/h2,4,6,8-11,18-20H,3,5,7,12H2,1H3. The maximum Gasteiger partial charge on any atom is 0.119 e. The summed E-state index contributed by atoms with van der Waals surface area (Å²) >= 11 is 0. The summed E-state index contributed by atoms with van der Waals surface area (Å²) in [6.45, 7) is 0.0740. The molecule has 0 amide bonds. The van der Waals surface area contributed by atoms with Gasteiger partial charge < -0.3 is 15.2 Å². The molecule has 0 radical (unpaired) electrons. The highest BCUT2D eigenvalue weighted by Crippen LogP contribution is 2.34. The van der Waals surface area contributed by atoms with Gasteiger partial charge in [0, 0.05) is 5.69 Å². The third kappa shape index (κ3) is 3.03. The van der Waals surface area contributed by atoms with Gasteiger partial charge in [0.1, 0.15) is 5.75 Å². The smallest absolute Gasteiger partial charge is 0.119 e. The second-order valence-electron chi connectivity index (χ2n) is 5.51. The molecule has 0 aliphatic heterocycles. The van der Waals surface area contributed by atoms with Crippen molar-refractivity contribution in [2.75, 3.05) is 12.4 Å². The van der Waals surface area contributed by atoms with Crippen LogP contribution in [0.3, 0.4) is 0 Å². The first-order valence-electron chi connectivity index (χ1n) is 7.43. The van der Waals surface area contributed by atoms with Crippen molar-refractivity contribution in [1.82, 2.24) is 0 Å². The van der Waals surface area contributed by atoms with Crippen LogP contribution in [-0.4, -0.2) is 12.2 Å². The van der Waals surface area contributed by atoms with E-state index in [2.05, 4.69) is 17.4 Å². The number of aliphatic hydroxyl groups is 1. The number of methoxy groups -OCH3 is 1. The summed E-state index contributed by atoms with van der Waals surface area (Å²) in [6, 6.07) is 14.6. The van der Waals surface area contributed by atoms with Crippen molar-refractivity contribution in [3.05, 3.63) is 59.2 Å².